The van der Waals surface area contributed by atoms with E-state index < -0.39 is 6.04 Å². The van der Waals surface area contributed by atoms with Crippen LogP contribution in [0.25, 0.3) is 16.8 Å². The van der Waals surface area contributed by atoms with Gasteiger partial charge in [-0.05, 0) is 34.5 Å². The molecule has 0 aliphatic carbocycles. The van der Waals surface area contributed by atoms with Gasteiger partial charge in [0.05, 0.1) is 6.04 Å². The lowest BCUT2D eigenvalue weighted by Crippen LogP contribution is -2.32. The Balaban J connectivity index is 1.63. The van der Waals surface area contributed by atoms with Crippen LogP contribution in [0.5, 0.6) is 11.5 Å². The summed E-state index contributed by atoms with van der Waals surface area (Å²) in [5.74, 6) is 0.478. The summed E-state index contributed by atoms with van der Waals surface area (Å²) >= 11 is 0. The number of carbonyl (C=O) groups is 1. The summed E-state index contributed by atoms with van der Waals surface area (Å²) in [5, 5.41) is 15.5. The molecule has 154 valence electrons. The summed E-state index contributed by atoms with van der Waals surface area (Å²) in [7, 11) is 0. The van der Waals surface area contributed by atoms with Gasteiger partial charge in [-0.15, -0.1) is 0 Å². The van der Waals surface area contributed by atoms with Crippen LogP contribution in [-0.2, 0) is 4.79 Å². The number of phenols is 1. The number of nitrogens with one attached hydrogen (secondary N) is 1. The highest BCUT2D eigenvalue weighted by molar-refractivity contribution is 5.89. The highest BCUT2D eigenvalue weighted by Gasteiger charge is 2.19. The molecule has 0 heterocycles. The highest BCUT2D eigenvalue weighted by atomic mass is 16.5. The van der Waals surface area contributed by atoms with Gasteiger partial charge in [0.25, 0.3) is 5.91 Å². The standard InChI is InChI=1S/C27H23NO3/c29-25-18-16-21-11-7-8-14-23(21)27(25)24(17-15-20-9-3-1-4-10-20)28-26(30)19-31-22-12-5-2-6-13-22/h1-18,24,29H,19H2,(H,28,30)/b17-15+/t24-/m0/s1. The van der Waals surface area contributed by atoms with Crippen molar-refractivity contribution in [2.24, 2.45) is 0 Å². The van der Waals surface area contributed by atoms with Gasteiger partial charge in [0.15, 0.2) is 6.61 Å². The molecular weight excluding hydrogens is 386 g/mol. The lowest BCUT2D eigenvalue weighted by atomic mass is 9.96. The number of ether oxygens (including phenoxy) is 1. The highest BCUT2D eigenvalue weighted by Crippen LogP contribution is 2.33. The summed E-state index contributed by atoms with van der Waals surface area (Å²) in [6, 6.07) is 29.8. The molecule has 4 rings (SSSR count). The molecule has 2 N–H and O–H groups in total. The second-order valence-corrected chi connectivity index (χ2v) is 7.14. The Morgan fingerprint density at radius 2 is 1.55 bits per heavy atom. The van der Waals surface area contributed by atoms with Gasteiger partial charge in [-0.2, -0.15) is 0 Å². The van der Waals surface area contributed by atoms with Crippen LogP contribution >= 0.6 is 0 Å². The fraction of sp³-hybridized carbons (Fsp3) is 0.0741. The van der Waals surface area contributed by atoms with Crippen molar-refractivity contribution in [2.75, 3.05) is 6.61 Å². The average Bonchev–Trinajstić information content (AvgIpc) is 2.82. The Hall–Kier alpha value is -4.05. The number of carbonyl (C=O) groups excluding carboxylic acids is 1. The van der Waals surface area contributed by atoms with Crippen molar-refractivity contribution < 1.29 is 14.6 Å². The van der Waals surface area contributed by atoms with E-state index in [2.05, 4.69) is 5.32 Å². The number of fused-ring (bicyclic) bond motifs is 1. The van der Waals surface area contributed by atoms with E-state index in [9.17, 15) is 9.90 Å². The average molecular weight is 409 g/mol. The lowest BCUT2D eigenvalue weighted by molar-refractivity contribution is -0.123. The van der Waals surface area contributed by atoms with Crippen LogP contribution in [0.4, 0.5) is 0 Å². The molecule has 4 nitrogen and oxygen atoms in total. The SMILES string of the molecule is O=C(COc1ccccc1)N[C@@H](/C=C/c1ccccc1)c1c(O)ccc2ccccc12. The molecule has 0 unspecified atom stereocenters. The third-order valence-corrected chi connectivity index (χ3v) is 4.97. The molecule has 0 saturated carbocycles. The van der Waals surface area contributed by atoms with Crippen LogP contribution in [0.3, 0.4) is 0 Å². The Bertz CT molecular complexity index is 1190. The third-order valence-electron chi connectivity index (χ3n) is 4.97. The van der Waals surface area contributed by atoms with Crippen molar-refractivity contribution >= 4 is 22.8 Å². The molecule has 4 aromatic rings. The van der Waals surface area contributed by atoms with Gasteiger partial charge in [-0.1, -0.05) is 91.0 Å². The lowest BCUT2D eigenvalue weighted by Gasteiger charge is -2.19. The van der Waals surface area contributed by atoms with Crippen molar-refractivity contribution in [2.45, 2.75) is 6.04 Å². The van der Waals surface area contributed by atoms with E-state index >= 15 is 0 Å². The van der Waals surface area contributed by atoms with Gasteiger partial charge in [-0.25, -0.2) is 0 Å². The van der Waals surface area contributed by atoms with Crippen molar-refractivity contribution in [3.05, 3.63) is 114 Å². The molecule has 0 fully saturated rings. The molecule has 1 amide bonds. The first-order chi connectivity index (χ1) is 15.2. The second kappa shape index (κ2) is 9.63. The number of benzene rings is 4. The maximum atomic E-state index is 12.7. The Morgan fingerprint density at radius 1 is 0.871 bits per heavy atom. The van der Waals surface area contributed by atoms with E-state index in [0.717, 1.165) is 16.3 Å². The summed E-state index contributed by atoms with van der Waals surface area (Å²) in [5.41, 5.74) is 1.65. The molecule has 4 aromatic carbocycles. The molecule has 0 aromatic heterocycles. The predicted molar refractivity (Wildman–Crippen MR) is 124 cm³/mol. The maximum absolute atomic E-state index is 12.7. The smallest absolute Gasteiger partial charge is 0.258 e. The monoisotopic (exact) mass is 409 g/mol. The summed E-state index contributed by atoms with van der Waals surface area (Å²) in [6.45, 7) is -0.120. The van der Waals surface area contributed by atoms with Crippen molar-refractivity contribution in [3.63, 3.8) is 0 Å². The number of phenolic OH excluding ortho intramolecular Hbond substituents is 1. The molecule has 0 radical (unpaired) electrons. The van der Waals surface area contributed by atoms with Gasteiger partial charge < -0.3 is 15.2 Å². The Morgan fingerprint density at radius 3 is 2.32 bits per heavy atom. The molecule has 4 heteroatoms. The fourth-order valence-corrected chi connectivity index (χ4v) is 3.48. The first-order valence-corrected chi connectivity index (χ1v) is 10.1. The zero-order chi connectivity index (χ0) is 21.5. The molecular formula is C27H23NO3. The van der Waals surface area contributed by atoms with Crippen LogP contribution in [0.2, 0.25) is 0 Å². The van der Waals surface area contributed by atoms with Crippen LogP contribution < -0.4 is 10.1 Å². The zero-order valence-electron chi connectivity index (χ0n) is 16.9. The van der Waals surface area contributed by atoms with Gasteiger partial charge in [-0.3, -0.25) is 4.79 Å². The van der Waals surface area contributed by atoms with Crippen molar-refractivity contribution in [3.8, 4) is 11.5 Å². The Labute approximate surface area is 181 Å². The minimum Gasteiger partial charge on any atom is -0.508 e. The molecule has 0 aliphatic heterocycles. The first kappa shape index (κ1) is 20.2. The van der Waals surface area contributed by atoms with E-state index in [4.69, 9.17) is 4.74 Å². The molecule has 0 spiro atoms. The minimum atomic E-state index is -0.529. The number of aromatic hydroxyl groups is 1. The van der Waals surface area contributed by atoms with E-state index in [-0.39, 0.29) is 18.3 Å². The van der Waals surface area contributed by atoms with Crippen LogP contribution in [-0.4, -0.2) is 17.6 Å². The van der Waals surface area contributed by atoms with E-state index in [1.54, 1.807) is 18.2 Å². The molecule has 0 aliphatic rings. The number of hydrogen-bond acceptors (Lipinski definition) is 3. The van der Waals surface area contributed by atoms with E-state index in [0.29, 0.717) is 11.3 Å². The zero-order valence-corrected chi connectivity index (χ0v) is 16.9. The van der Waals surface area contributed by atoms with Gasteiger partial charge in [0.2, 0.25) is 0 Å². The predicted octanol–water partition coefficient (Wildman–Crippen LogP) is 5.50. The van der Waals surface area contributed by atoms with E-state index in [1.165, 1.54) is 0 Å². The quantitative estimate of drug-likeness (QED) is 0.424. The molecule has 0 saturated heterocycles. The summed E-state index contributed by atoms with van der Waals surface area (Å²) < 4.78 is 5.59. The van der Waals surface area contributed by atoms with Crippen LogP contribution in [0.1, 0.15) is 17.2 Å². The van der Waals surface area contributed by atoms with E-state index in [1.807, 2.05) is 91.0 Å². The second-order valence-electron chi connectivity index (χ2n) is 7.14. The summed E-state index contributed by atoms with van der Waals surface area (Å²) in [6.07, 6.45) is 3.82. The van der Waals surface area contributed by atoms with Gasteiger partial charge in [0, 0.05) is 5.56 Å². The van der Waals surface area contributed by atoms with Crippen molar-refractivity contribution in [1.82, 2.24) is 5.32 Å². The van der Waals surface area contributed by atoms with Crippen LogP contribution in [0, 0.1) is 0 Å². The molecule has 31 heavy (non-hydrogen) atoms. The molecule has 1 atom stereocenters. The number of hydrogen-bond donors (Lipinski definition) is 2. The topological polar surface area (TPSA) is 58.6 Å². The first-order valence-electron chi connectivity index (χ1n) is 10.1. The Kier molecular flexibility index (Phi) is 6.29. The van der Waals surface area contributed by atoms with Crippen LogP contribution in [0.15, 0.2) is 103 Å². The largest absolute Gasteiger partial charge is 0.508 e. The van der Waals surface area contributed by atoms with Crippen molar-refractivity contribution in [1.29, 1.82) is 0 Å². The maximum Gasteiger partial charge on any atom is 0.258 e. The minimum absolute atomic E-state index is 0.120. The number of para-hydroxylation sites is 1. The van der Waals surface area contributed by atoms with Gasteiger partial charge in [0.1, 0.15) is 11.5 Å². The number of amides is 1. The number of rotatable bonds is 7. The normalized spacial score (nSPS) is 12.0. The fourth-order valence-electron chi connectivity index (χ4n) is 3.48. The third kappa shape index (κ3) is 5.11. The van der Waals surface area contributed by atoms with Gasteiger partial charge >= 0.3 is 0 Å². The summed E-state index contributed by atoms with van der Waals surface area (Å²) in [4.78, 5) is 12.7. The molecule has 0 bridgehead atoms.